The van der Waals surface area contributed by atoms with Crippen LogP contribution < -0.4 is 18.9 Å². The quantitative estimate of drug-likeness (QED) is 0.472. The van der Waals surface area contributed by atoms with E-state index in [0.717, 1.165) is 11.1 Å². The number of hydrogen-bond donors (Lipinski definition) is 0. The highest BCUT2D eigenvalue weighted by Crippen LogP contribution is 2.54. The van der Waals surface area contributed by atoms with E-state index in [2.05, 4.69) is 0 Å². The smallest absolute Gasteiger partial charge is 0.308 e. The van der Waals surface area contributed by atoms with E-state index < -0.39 is 6.29 Å². The Bertz CT molecular complexity index is 982. The van der Waals surface area contributed by atoms with E-state index in [1.165, 1.54) is 0 Å². The number of benzene rings is 2. The second-order valence-corrected chi connectivity index (χ2v) is 9.24. The summed E-state index contributed by atoms with van der Waals surface area (Å²) in [5.74, 6) is 2.18. The van der Waals surface area contributed by atoms with Crippen LogP contribution in [-0.4, -0.2) is 47.3 Å². The van der Waals surface area contributed by atoms with Crippen molar-refractivity contribution in [3.63, 3.8) is 0 Å². The van der Waals surface area contributed by atoms with Gasteiger partial charge in [-0.1, -0.05) is 26.0 Å². The number of fused-ring (bicyclic) bond motifs is 1. The van der Waals surface area contributed by atoms with Crippen LogP contribution >= 0.6 is 0 Å². The predicted octanol–water partition coefficient (Wildman–Crippen LogP) is 4.71. The number of methoxy groups -OCH3 is 4. The van der Waals surface area contributed by atoms with Gasteiger partial charge in [0, 0.05) is 12.3 Å². The first-order valence-corrected chi connectivity index (χ1v) is 11.8. The highest BCUT2D eigenvalue weighted by atomic mass is 16.7. The van der Waals surface area contributed by atoms with Crippen molar-refractivity contribution in [3.05, 3.63) is 47.5 Å². The molecular formula is C27H34O8. The van der Waals surface area contributed by atoms with Crippen molar-refractivity contribution in [3.8, 4) is 23.0 Å². The van der Waals surface area contributed by atoms with Crippen LogP contribution in [0.3, 0.4) is 0 Å². The van der Waals surface area contributed by atoms with Gasteiger partial charge in [-0.25, -0.2) is 0 Å². The largest absolute Gasteiger partial charge is 0.493 e. The van der Waals surface area contributed by atoms with Crippen molar-refractivity contribution < 1.29 is 38.0 Å². The summed E-state index contributed by atoms with van der Waals surface area (Å²) in [4.78, 5) is 12.6. The van der Waals surface area contributed by atoms with E-state index in [0.29, 0.717) is 36.0 Å². The number of rotatable bonds is 9. The molecule has 2 aromatic carbocycles. The fourth-order valence-electron chi connectivity index (χ4n) is 4.95. The van der Waals surface area contributed by atoms with Crippen molar-refractivity contribution in [1.82, 2.24) is 0 Å². The van der Waals surface area contributed by atoms with Crippen molar-refractivity contribution in [2.24, 2.45) is 17.8 Å². The van der Waals surface area contributed by atoms with Crippen molar-refractivity contribution >= 4 is 5.97 Å². The van der Waals surface area contributed by atoms with Crippen molar-refractivity contribution in [1.29, 1.82) is 0 Å². The lowest BCUT2D eigenvalue weighted by Gasteiger charge is -2.24. The van der Waals surface area contributed by atoms with Crippen LogP contribution in [-0.2, 0) is 19.0 Å². The topological polar surface area (TPSA) is 81.7 Å². The van der Waals surface area contributed by atoms with Gasteiger partial charge in [0.2, 0.25) is 6.29 Å². The lowest BCUT2D eigenvalue weighted by Crippen LogP contribution is -2.28. The average Bonchev–Trinajstić information content (AvgIpc) is 3.44. The molecule has 35 heavy (non-hydrogen) atoms. The van der Waals surface area contributed by atoms with Crippen molar-refractivity contribution in [2.45, 2.75) is 38.8 Å². The van der Waals surface area contributed by atoms with E-state index in [4.69, 9.17) is 33.2 Å². The zero-order valence-corrected chi connectivity index (χ0v) is 21.1. The van der Waals surface area contributed by atoms with Gasteiger partial charge < -0.3 is 33.2 Å². The molecule has 4 rings (SSSR count). The molecule has 190 valence electrons. The van der Waals surface area contributed by atoms with E-state index in [1.807, 2.05) is 50.2 Å². The summed E-state index contributed by atoms with van der Waals surface area (Å²) in [7, 11) is 6.40. The Morgan fingerprint density at radius 3 is 1.91 bits per heavy atom. The third-order valence-electron chi connectivity index (χ3n) is 6.59. The lowest BCUT2D eigenvalue weighted by atomic mass is 9.84. The van der Waals surface area contributed by atoms with Gasteiger partial charge in [0.15, 0.2) is 23.0 Å². The van der Waals surface area contributed by atoms with Gasteiger partial charge in [-0.2, -0.15) is 0 Å². The maximum atomic E-state index is 12.6. The molecule has 0 amide bonds. The van der Waals surface area contributed by atoms with Gasteiger partial charge in [-0.15, -0.1) is 0 Å². The summed E-state index contributed by atoms with van der Waals surface area (Å²) in [6.45, 7) is 4.43. The van der Waals surface area contributed by atoms with E-state index >= 15 is 0 Å². The summed E-state index contributed by atoms with van der Waals surface area (Å²) in [6, 6.07) is 11.4. The van der Waals surface area contributed by atoms with Gasteiger partial charge in [-0.3, -0.25) is 4.79 Å². The third-order valence-corrected chi connectivity index (χ3v) is 6.59. The zero-order valence-electron chi connectivity index (χ0n) is 21.1. The van der Waals surface area contributed by atoms with Crippen LogP contribution in [0.15, 0.2) is 36.4 Å². The molecular weight excluding hydrogens is 452 g/mol. The van der Waals surface area contributed by atoms with Gasteiger partial charge in [-0.05, 0) is 41.3 Å². The molecule has 2 aromatic rings. The first kappa shape index (κ1) is 25.1. The number of esters is 1. The average molecular weight is 487 g/mol. The fourth-order valence-corrected chi connectivity index (χ4v) is 4.95. The molecule has 0 radical (unpaired) electrons. The van der Waals surface area contributed by atoms with Gasteiger partial charge in [0.1, 0.15) is 0 Å². The van der Waals surface area contributed by atoms with Gasteiger partial charge >= 0.3 is 5.97 Å². The molecule has 0 spiro atoms. The molecule has 2 aliphatic heterocycles. The van der Waals surface area contributed by atoms with Crippen LogP contribution in [0.25, 0.3) is 0 Å². The molecule has 5 unspecified atom stereocenters. The number of carbonyl (C=O) groups excluding carboxylic acids is 1. The molecule has 5 atom stereocenters. The molecule has 0 bridgehead atoms. The Morgan fingerprint density at radius 2 is 1.40 bits per heavy atom. The summed E-state index contributed by atoms with van der Waals surface area (Å²) in [5.41, 5.74) is 1.83. The highest BCUT2D eigenvalue weighted by molar-refractivity contribution is 5.69. The van der Waals surface area contributed by atoms with Gasteiger partial charge in [0.25, 0.3) is 0 Å². The molecule has 2 fully saturated rings. The molecule has 2 saturated heterocycles. The minimum atomic E-state index is -0.745. The third kappa shape index (κ3) is 5.04. The number of hydrogen-bond acceptors (Lipinski definition) is 8. The summed E-state index contributed by atoms with van der Waals surface area (Å²) >= 11 is 0. The van der Waals surface area contributed by atoms with Crippen LogP contribution in [0.1, 0.15) is 43.6 Å². The Balaban J connectivity index is 1.67. The van der Waals surface area contributed by atoms with E-state index in [9.17, 15) is 4.79 Å². The molecule has 8 nitrogen and oxygen atoms in total. The fraction of sp³-hybridized carbons (Fsp3) is 0.519. The summed E-state index contributed by atoms with van der Waals surface area (Å²) in [6.07, 6.45) is -1.09. The van der Waals surface area contributed by atoms with Crippen LogP contribution in [0.5, 0.6) is 23.0 Å². The minimum Gasteiger partial charge on any atom is -0.493 e. The van der Waals surface area contributed by atoms with E-state index in [-0.39, 0.29) is 35.9 Å². The van der Waals surface area contributed by atoms with Crippen LogP contribution in [0.2, 0.25) is 0 Å². The van der Waals surface area contributed by atoms with Crippen LogP contribution in [0.4, 0.5) is 0 Å². The molecule has 2 heterocycles. The predicted molar refractivity (Wildman–Crippen MR) is 128 cm³/mol. The standard InChI is InChI=1S/C27H34O8/c1-15(2)11-23(28)34-27-24-18(25(35-27)16-7-9-19(29-3)21(12-16)31-5)14-33-26(24)17-8-10-20(30-4)22(13-17)32-6/h7-10,12-13,15,18,24-27H,11,14H2,1-6H3. The summed E-state index contributed by atoms with van der Waals surface area (Å²) in [5, 5.41) is 0. The number of ether oxygens (including phenoxy) is 7. The highest BCUT2D eigenvalue weighted by Gasteiger charge is 2.55. The molecule has 0 aromatic heterocycles. The second kappa shape index (κ2) is 10.7. The Kier molecular flexibility index (Phi) is 7.72. The minimum absolute atomic E-state index is 0.0250. The maximum absolute atomic E-state index is 12.6. The molecule has 8 heteroatoms. The summed E-state index contributed by atoms with van der Waals surface area (Å²) < 4.78 is 40.4. The molecule has 0 N–H and O–H groups in total. The Labute approximate surface area is 206 Å². The monoisotopic (exact) mass is 486 g/mol. The first-order valence-electron chi connectivity index (χ1n) is 11.8. The second-order valence-electron chi connectivity index (χ2n) is 9.24. The molecule has 2 aliphatic rings. The SMILES string of the molecule is COc1ccc(C2OC(OC(=O)CC(C)C)C3C(c4ccc(OC)c(OC)c4)OCC23)cc1OC. The van der Waals surface area contributed by atoms with E-state index in [1.54, 1.807) is 28.4 Å². The van der Waals surface area contributed by atoms with Crippen molar-refractivity contribution in [2.75, 3.05) is 35.0 Å². The first-order chi connectivity index (χ1) is 16.9. The molecule has 0 saturated carbocycles. The number of carbonyl (C=O) groups is 1. The normalized spacial score (nSPS) is 25.3. The Hall–Kier alpha value is -2.97. The lowest BCUT2D eigenvalue weighted by molar-refractivity contribution is -0.189. The zero-order chi connectivity index (χ0) is 25.1. The Morgan fingerprint density at radius 1 is 0.857 bits per heavy atom. The van der Waals surface area contributed by atoms with Gasteiger partial charge in [0.05, 0.1) is 53.2 Å². The molecule has 0 aliphatic carbocycles. The maximum Gasteiger partial charge on any atom is 0.308 e. The van der Waals surface area contributed by atoms with Crippen LogP contribution in [0, 0.1) is 17.8 Å².